The molecule has 2 rings (SSSR count). The van der Waals surface area contributed by atoms with Gasteiger partial charge in [-0.15, -0.1) is 35.3 Å². The third-order valence-electron chi connectivity index (χ3n) is 3.41. The molecule has 6 heteroatoms. The summed E-state index contributed by atoms with van der Waals surface area (Å²) >= 11 is 1.79. The van der Waals surface area contributed by atoms with Crippen molar-refractivity contribution in [1.82, 2.24) is 10.6 Å². The van der Waals surface area contributed by atoms with Gasteiger partial charge in [-0.05, 0) is 30.5 Å². The lowest BCUT2D eigenvalue weighted by Gasteiger charge is -2.21. The molecular formula is C17H26IN3OS. The van der Waals surface area contributed by atoms with Crippen molar-refractivity contribution in [3.63, 3.8) is 0 Å². The second-order valence-corrected chi connectivity index (χ2v) is 6.76. The fraction of sp³-hybridized carbons (Fsp3) is 0.471. The van der Waals surface area contributed by atoms with Crippen molar-refractivity contribution in [2.24, 2.45) is 4.99 Å². The first-order valence-electron chi connectivity index (χ1n) is 7.70. The van der Waals surface area contributed by atoms with Crippen LogP contribution in [0, 0.1) is 0 Å². The van der Waals surface area contributed by atoms with Gasteiger partial charge in [0.2, 0.25) is 0 Å². The van der Waals surface area contributed by atoms with Gasteiger partial charge in [0, 0.05) is 29.8 Å². The lowest BCUT2D eigenvalue weighted by Crippen LogP contribution is -2.39. The molecule has 0 saturated heterocycles. The Morgan fingerprint density at radius 2 is 2.09 bits per heavy atom. The van der Waals surface area contributed by atoms with Gasteiger partial charge in [0.05, 0.1) is 12.8 Å². The number of thiophene rings is 1. The maximum atomic E-state index is 5.34. The molecule has 4 nitrogen and oxygen atoms in total. The zero-order chi connectivity index (χ0) is 15.8. The molecule has 0 atom stereocenters. The molecule has 2 aromatic rings. The third kappa shape index (κ3) is 6.55. The monoisotopic (exact) mass is 447 g/mol. The number of aliphatic imine (C=N–C) groups is 1. The number of guanidine groups is 1. The molecule has 2 heterocycles. The summed E-state index contributed by atoms with van der Waals surface area (Å²) in [4.78, 5) is 6.09. The zero-order valence-electron chi connectivity index (χ0n) is 14.0. The van der Waals surface area contributed by atoms with Gasteiger partial charge in [0.1, 0.15) is 5.76 Å². The Labute approximate surface area is 159 Å². The summed E-state index contributed by atoms with van der Waals surface area (Å²) in [5.41, 5.74) is 0.0531. The molecule has 0 aromatic carbocycles. The number of furan rings is 1. The average Bonchev–Trinajstić information content (AvgIpc) is 3.18. The van der Waals surface area contributed by atoms with Gasteiger partial charge in [0.25, 0.3) is 0 Å². The predicted octanol–water partition coefficient (Wildman–Crippen LogP) is 4.03. The molecule has 0 aliphatic heterocycles. The van der Waals surface area contributed by atoms with Crippen LogP contribution in [0.1, 0.15) is 31.4 Å². The molecule has 0 amide bonds. The van der Waals surface area contributed by atoms with Crippen LogP contribution < -0.4 is 10.6 Å². The first-order valence-corrected chi connectivity index (χ1v) is 8.58. The number of nitrogens with zero attached hydrogens (tertiary/aromatic N) is 1. The van der Waals surface area contributed by atoms with Crippen molar-refractivity contribution in [2.45, 2.75) is 32.6 Å². The SMILES string of the molecule is CCNC(=NCC(C)(C)c1cccs1)NCCc1ccco1.I. The molecule has 23 heavy (non-hydrogen) atoms. The highest BCUT2D eigenvalue weighted by Gasteiger charge is 2.21. The molecule has 0 aliphatic carbocycles. The fourth-order valence-corrected chi connectivity index (χ4v) is 2.96. The van der Waals surface area contributed by atoms with Gasteiger partial charge >= 0.3 is 0 Å². The van der Waals surface area contributed by atoms with Crippen LogP contribution in [0.4, 0.5) is 0 Å². The molecule has 2 N–H and O–H groups in total. The summed E-state index contributed by atoms with van der Waals surface area (Å²) in [5.74, 6) is 1.85. The Bertz CT molecular complexity index is 565. The van der Waals surface area contributed by atoms with Crippen LogP contribution in [-0.2, 0) is 11.8 Å². The summed E-state index contributed by atoms with van der Waals surface area (Å²) in [6.45, 7) is 8.95. The summed E-state index contributed by atoms with van der Waals surface area (Å²) in [6, 6.07) is 8.18. The summed E-state index contributed by atoms with van der Waals surface area (Å²) < 4.78 is 5.34. The number of hydrogen-bond donors (Lipinski definition) is 2. The standard InChI is InChI=1S/C17H25N3OS.HI/c1-4-18-16(19-10-9-14-7-5-11-21-14)20-13-17(2,3)15-8-6-12-22-15;/h5-8,11-12H,4,9-10,13H2,1-3H3,(H2,18,19,20);1H. The zero-order valence-corrected chi connectivity index (χ0v) is 17.1. The van der Waals surface area contributed by atoms with Crippen LogP contribution >= 0.6 is 35.3 Å². The maximum absolute atomic E-state index is 5.34. The van der Waals surface area contributed by atoms with Crippen molar-refractivity contribution in [3.8, 4) is 0 Å². The molecule has 0 aliphatic rings. The minimum atomic E-state index is 0. The predicted molar refractivity (Wildman–Crippen MR) is 109 cm³/mol. The quantitative estimate of drug-likeness (QED) is 0.383. The minimum Gasteiger partial charge on any atom is -0.469 e. The Kier molecular flexibility index (Phi) is 8.68. The Morgan fingerprint density at radius 1 is 1.26 bits per heavy atom. The number of rotatable bonds is 7. The van der Waals surface area contributed by atoms with Crippen molar-refractivity contribution in [2.75, 3.05) is 19.6 Å². The largest absolute Gasteiger partial charge is 0.469 e. The molecule has 0 radical (unpaired) electrons. The summed E-state index contributed by atoms with van der Waals surface area (Å²) in [5, 5.41) is 8.77. The van der Waals surface area contributed by atoms with E-state index in [0.29, 0.717) is 0 Å². The molecule has 128 valence electrons. The minimum absolute atomic E-state index is 0. The van der Waals surface area contributed by atoms with Crippen LogP contribution in [0.5, 0.6) is 0 Å². The van der Waals surface area contributed by atoms with E-state index in [9.17, 15) is 0 Å². The van der Waals surface area contributed by atoms with Crippen molar-refractivity contribution in [1.29, 1.82) is 0 Å². The van der Waals surface area contributed by atoms with E-state index in [4.69, 9.17) is 9.41 Å². The second-order valence-electron chi connectivity index (χ2n) is 5.81. The van der Waals surface area contributed by atoms with E-state index in [2.05, 4.69) is 48.9 Å². The smallest absolute Gasteiger partial charge is 0.191 e. The number of nitrogens with one attached hydrogen (secondary N) is 2. The van der Waals surface area contributed by atoms with Crippen LogP contribution in [0.25, 0.3) is 0 Å². The van der Waals surface area contributed by atoms with Gasteiger partial charge in [-0.1, -0.05) is 19.9 Å². The molecule has 0 fully saturated rings. The topological polar surface area (TPSA) is 49.6 Å². The van der Waals surface area contributed by atoms with Crippen molar-refractivity contribution in [3.05, 3.63) is 46.5 Å². The van der Waals surface area contributed by atoms with Gasteiger partial charge in [-0.2, -0.15) is 0 Å². The highest BCUT2D eigenvalue weighted by atomic mass is 127. The first kappa shape index (κ1) is 20.0. The van der Waals surface area contributed by atoms with E-state index in [0.717, 1.165) is 37.8 Å². The van der Waals surface area contributed by atoms with Crippen LogP contribution in [0.3, 0.4) is 0 Å². The maximum Gasteiger partial charge on any atom is 0.191 e. The normalized spacial score (nSPS) is 11.9. The molecule has 0 bridgehead atoms. The van der Waals surface area contributed by atoms with Gasteiger partial charge in [0.15, 0.2) is 5.96 Å². The van der Waals surface area contributed by atoms with Crippen LogP contribution in [0.15, 0.2) is 45.3 Å². The van der Waals surface area contributed by atoms with E-state index < -0.39 is 0 Å². The molecular weight excluding hydrogens is 421 g/mol. The van der Waals surface area contributed by atoms with E-state index in [-0.39, 0.29) is 29.4 Å². The summed E-state index contributed by atoms with van der Waals surface area (Å²) in [6.07, 6.45) is 2.56. The molecule has 0 unspecified atom stereocenters. The van der Waals surface area contributed by atoms with Gasteiger partial charge in [-0.25, -0.2) is 0 Å². The summed E-state index contributed by atoms with van der Waals surface area (Å²) in [7, 11) is 0. The lowest BCUT2D eigenvalue weighted by atomic mass is 9.92. The van der Waals surface area contributed by atoms with E-state index in [1.54, 1.807) is 17.6 Å². The van der Waals surface area contributed by atoms with E-state index >= 15 is 0 Å². The average molecular weight is 447 g/mol. The number of halogens is 1. The highest BCUT2D eigenvalue weighted by molar-refractivity contribution is 14.0. The Hall–Kier alpha value is -1.02. The lowest BCUT2D eigenvalue weighted by molar-refractivity contribution is 0.506. The second kappa shape index (κ2) is 9.97. The molecule has 2 aromatic heterocycles. The van der Waals surface area contributed by atoms with Gasteiger partial charge in [-0.3, -0.25) is 4.99 Å². The Balaban J connectivity index is 0.00000264. The third-order valence-corrected chi connectivity index (χ3v) is 4.64. The highest BCUT2D eigenvalue weighted by Crippen LogP contribution is 2.27. The van der Waals surface area contributed by atoms with E-state index in [1.807, 2.05) is 12.1 Å². The van der Waals surface area contributed by atoms with Gasteiger partial charge < -0.3 is 15.1 Å². The first-order chi connectivity index (χ1) is 10.6. The van der Waals surface area contributed by atoms with Crippen LogP contribution in [0.2, 0.25) is 0 Å². The number of hydrogen-bond acceptors (Lipinski definition) is 3. The molecule has 0 saturated carbocycles. The van der Waals surface area contributed by atoms with Crippen molar-refractivity contribution < 1.29 is 4.42 Å². The van der Waals surface area contributed by atoms with E-state index in [1.165, 1.54) is 4.88 Å². The Morgan fingerprint density at radius 3 is 2.70 bits per heavy atom. The molecule has 0 spiro atoms. The van der Waals surface area contributed by atoms with Crippen molar-refractivity contribution >= 4 is 41.3 Å². The fourth-order valence-electron chi connectivity index (χ4n) is 2.12. The van der Waals surface area contributed by atoms with Crippen LogP contribution in [-0.4, -0.2) is 25.6 Å².